The first-order chi connectivity index (χ1) is 7.10. The molecule has 0 radical (unpaired) electrons. The molecule has 0 unspecified atom stereocenters. The molecule has 1 amide bonds. The summed E-state index contributed by atoms with van der Waals surface area (Å²) in [5, 5.41) is 1.76. The molecule has 0 aromatic carbocycles. The minimum absolute atomic E-state index is 0.139. The Morgan fingerprint density at radius 3 is 2.87 bits per heavy atom. The van der Waals surface area contributed by atoms with Gasteiger partial charge in [0.1, 0.15) is 0 Å². The summed E-state index contributed by atoms with van der Waals surface area (Å²) >= 11 is 7.15. The Labute approximate surface area is 96.7 Å². The van der Waals surface area contributed by atoms with Gasteiger partial charge in [-0.3, -0.25) is 9.63 Å². The van der Waals surface area contributed by atoms with Crippen LogP contribution >= 0.6 is 23.4 Å². The van der Waals surface area contributed by atoms with Gasteiger partial charge in [0.15, 0.2) is 10.9 Å². The topological polar surface area (TPSA) is 55.3 Å². The summed E-state index contributed by atoms with van der Waals surface area (Å²) in [6.45, 7) is 0. The summed E-state index contributed by atoms with van der Waals surface area (Å²) in [6.07, 6.45) is 3.22. The van der Waals surface area contributed by atoms with Gasteiger partial charge in [0.25, 0.3) is 5.91 Å². The summed E-state index contributed by atoms with van der Waals surface area (Å²) < 4.78 is 0. The van der Waals surface area contributed by atoms with E-state index in [1.54, 1.807) is 0 Å². The maximum Gasteiger partial charge on any atom is 0.297 e. The highest BCUT2D eigenvalue weighted by molar-refractivity contribution is 7.98. The molecule has 0 aliphatic heterocycles. The van der Waals surface area contributed by atoms with Gasteiger partial charge in [-0.1, -0.05) is 23.4 Å². The highest BCUT2D eigenvalue weighted by Gasteiger charge is 2.17. The zero-order valence-corrected chi connectivity index (χ0v) is 10.1. The van der Waals surface area contributed by atoms with Gasteiger partial charge in [0, 0.05) is 7.05 Å². The second-order valence-electron chi connectivity index (χ2n) is 2.54. The lowest BCUT2D eigenvalue weighted by Gasteiger charge is -2.13. The maximum absolute atomic E-state index is 11.7. The molecule has 0 aliphatic rings. The monoisotopic (exact) mass is 247 g/mol. The summed E-state index contributed by atoms with van der Waals surface area (Å²) in [7, 11) is 2.88. The first kappa shape index (κ1) is 12.2. The van der Waals surface area contributed by atoms with Gasteiger partial charge < -0.3 is 0 Å². The maximum atomic E-state index is 11.7. The first-order valence-electron chi connectivity index (χ1n) is 3.98. The lowest BCUT2D eigenvalue weighted by atomic mass is 10.4. The Balaban J connectivity index is 3.07. The number of hydrogen-bond donors (Lipinski definition) is 0. The van der Waals surface area contributed by atoms with Crippen LogP contribution in [0.4, 0.5) is 0 Å². The third kappa shape index (κ3) is 2.80. The van der Waals surface area contributed by atoms with Gasteiger partial charge >= 0.3 is 0 Å². The van der Waals surface area contributed by atoms with Crippen LogP contribution in [-0.2, 0) is 4.84 Å². The number of carbonyl (C=O) groups excluding carboxylic acids is 1. The van der Waals surface area contributed by atoms with E-state index in [0.717, 1.165) is 5.06 Å². The number of carbonyl (C=O) groups is 1. The van der Waals surface area contributed by atoms with Gasteiger partial charge in [0.2, 0.25) is 0 Å². The van der Waals surface area contributed by atoms with Crippen LogP contribution in [-0.4, -0.2) is 41.4 Å². The molecule has 0 spiro atoms. The van der Waals surface area contributed by atoms with Crippen LogP contribution in [0, 0.1) is 0 Å². The van der Waals surface area contributed by atoms with Crippen molar-refractivity contribution >= 4 is 29.3 Å². The van der Waals surface area contributed by atoms with Crippen LogP contribution < -0.4 is 0 Å². The van der Waals surface area contributed by atoms with Crippen LogP contribution in [0.25, 0.3) is 0 Å². The van der Waals surface area contributed by atoms with Crippen LogP contribution in [0.2, 0.25) is 5.02 Å². The van der Waals surface area contributed by atoms with Gasteiger partial charge in [-0.25, -0.2) is 15.0 Å². The molecule has 0 N–H and O–H groups in total. The van der Waals surface area contributed by atoms with Crippen molar-refractivity contribution in [3.63, 3.8) is 0 Å². The normalized spacial score (nSPS) is 10.1. The molecule has 0 fully saturated rings. The standard InChI is InChI=1S/C8H10ClN3O2S/c1-12(14-2)7(13)6-5(9)4-10-8(11-6)15-3/h4H,1-3H3. The predicted molar refractivity (Wildman–Crippen MR) is 57.9 cm³/mol. The van der Waals surface area contributed by atoms with E-state index in [4.69, 9.17) is 16.4 Å². The molecule has 1 heterocycles. The van der Waals surface area contributed by atoms with E-state index in [2.05, 4.69) is 9.97 Å². The fourth-order valence-electron chi connectivity index (χ4n) is 0.831. The summed E-state index contributed by atoms with van der Waals surface area (Å²) in [6, 6.07) is 0. The summed E-state index contributed by atoms with van der Waals surface area (Å²) in [4.78, 5) is 24.4. The molecular formula is C8H10ClN3O2S. The molecule has 0 bridgehead atoms. The van der Waals surface area contributed by atoms with Gasteiger partial charge in [-0.05, 0) is 6.26 Å². The molecular weight excluding hydrogens is 238 g/mol. The van der Waals surface area contributed by atoms with E-state index < -0.39 is 5.91 Å². The van der Waals surface area contributed by atoms with E-state index in [-0.39, 0.29) is 10.7 Å². The van der Waals surface area contributed by atoms with Crippen LogP contribution in [0.3, 0.4) is 0 Å². The molecule has 7 heteroatoms. The Morgan fingerprint density at radius 2 is 2.33 bits per heavy atom. The first-order valence-corrected chi connectivity index (χ1v) is 5.59. The number of amides is 1. The van der Waals surface area contributed by atoms with Crippen molar-refractivity contribution in [2.75, 3.05) is 20.4 Å². The van der Waals surface area contributed by atoms with Crippen LogP contribution in [0.1, 0.15) is 10.5 Å². The van der Waals surface area contributed by atoms with Gasteiger partial charge in [-0.2, -0.15) is 0 Å². The number of rotatable bonds is 3. The van der Waals surface area contributed by atoms with E-state index in [0.29, 0.717) is 5.16 Å². The van der Waals surface area contributed by atoms with E-state index in [9.17, 15) is 4.79 Å². The molecule has 0 atom stereocenters. The molecule has 82 valence electrons. The number of halogens is 1. The number of thioether (sulfide) groups is 1. The van der Waals surface area contributed by atoms with Crippen molar-refractivity contribution in [2.45, 2.75) is 5.16 Å². The zero-order valence-electron chi connectivity index (χ0n) is 8.52. The van der Waals surface area contributed by atoms with Crippen molar-refractivity contribution in [1.29, 1.82) is 0 Å². The lowest BCUT2D eigenvalue weighted by Crippen LogP contribution is -2.26. The largest absolute Gasteiger partial charge is 0.297 e. The Morgan fingerprint density at radius 1 is 1.67 bits per heavy atom. The molecule has 0 saturated carbocycles. The van der Waals surface area contributed by atoms with Crippen molar-refractivity contribution in [2.24, 2.45) is 0 Å². The molecule has 1 rings (SSSR count). The Hall–Kier alpha value is -0.850. The van der Waals surface area contributed by atoms with Crippen molar-refractivity contribution in [3.05, 3.63) is 16.9 Å². The predicted octanol–water partition coefficient (Wildman–Crippen LogP) is 1.49. The van der Waals surface area contributed by atoms with Crippen LogP contribution in [0.5, 0.6) is 0 Å². The quantitative estimate of drug-likeness (QED) is 0.460. The SMILES string of the molecule is CON(C)C(=O)c1nc(SC)ncc1Cl. The second kappa shape index (κ2) is 5.29. The average molecular weight is 248 g/mol. The minimum atomic E-state index is -0.403. The summed E-state index contributed by atoms with van der Waals surface area (Å²) in [5.41, 5.74) is 0.139. The molecule has 1 aromatic heterocycles. The van der Waals surface area contributed by atoms with Gasteiger partial charge in [0.05, 0.1) is 18.3 Å². The minimum Gasteiger partial charge on any atom is -0.274 e. The fraction of sp³-hybridized carbons (Fsp3) is 0.375. The smallest absolute Gasteiger partial charge is 0.274 e. The fourth-order valence-corrected chi connectivity index (χ4v) is 1.34. The van der Waals surface area contributed by atoms with E-state index in [1.165, 1.54) is 32.1 Å². The van der Waals surface area contributed by atoms with Crippen molar-refractivity contribution in [1.82, 2.24) is 15.0 Å². The summed E-state index contributed by atoms with van der Waals surface area (Å²) in [5.74, 6) is -0.403. The van der Waals surface area contributed by atoms with Crippen molar-refractivity contribution < 1.29 is 9.63 Å². The number of aromatic nitrogens is 2. The number of hydrogen-bond acceptors (Lipinski definition) is 5. The molecule has 5 nitrogen and oxygen atoms in total. The zero-order chi connectivity index (χ0) is 11.4. The van der Waals surface area contributed by atoms with Gasteiger partial charge in [-0.15, -0.1) is 0 Å². The lowest BCUT2D eigenvalue weighted by molar-refractivity contribution is -0.0760. The third-order valence-corrected chi connectivity index (χ3v) is 2.51. The molecule has 15 heavy (non-hydrogen) atoms. The molecule has 1 aromatic rings. The molecule has 0 saturated heterocycles. The number of hydroxylamine groups is 2. The average Bonchev–Trinajstić information content (AvgIpc) is 2.27. The molecule has 0 aliphatic carbocycles. The van der Waals surface area contributed by atoms with Crippen LogP contribution in [0.15, 0.2) is 11.4 Å². The van der Waals surface area contributed by atoms with Crippen molar-refractivity contribution in [3.8, 4) is 0 Å². The van der Waals surface area contributed by atoms with E-state index >= 15 is 0 Å². The van der Waals surface area contributed by atoms with E-state index in [1.807, 2.05) is 6.26 Å². The second-order valence-corrected chi connectivity index (χ2v) is 3.72. The third-order valence-electron chi connectivity index (χ3n) is 1.67. The highest BCUT2D eigenvalue weighted by atomic mass is 35.5. The number of nitrogens with zero attached hydrogens (tertiary/aromatic N) is 3. The Kier molecular flexibility index (Phi) is 4.31. The highest BCUT2D eigenvalue weighted by Crippen LogP contribution is 2.17. The Bertz CT molecular complexity index is 375.